The molecule has 2 heterocycles. The Labute approximate surface area is 93.4 Å². The van der Waals surface area contributed by atoms with Crippen LogP contribution in [0.15, 0.2) is 0 Å². The number of aromatic nitrogens is 4. The van der Waals surface area contributed by atoms with Crippen LogP contribution in [-0.2, 0) is 0 Å². The van der Waals surface area contributed by atoms with E-state index in [1.165, 1.54) is 0 Å². The Morgan fingerprint density at radius 3 is 3.12 bits per heavy atom. The summed E-state index contributed by atoms with van der Waals surface area (Å²) in [6.07, 6.45) is 2.11. The van der Waals surface area contributed by atoms with E-state index in [9.17, 15) is 4.79 Å². The number of likely N-dealkylation sites (tertiary alicyclic amines) is 1. The number of hydrogen-bond donors (Lipinski definition) is 2. The first kappa shape index (κ1) is 11.0. The van der Waals surface area contributed by atoms with Crippen LogP contribution in [0.5, 0.6) is 0 Å². The Balaban J connectivity index is 2.15. The number of carbonyl (C=O) groups excluding carboxylic acids is 1. The molecule has 0 saturated carbocycles. The first-order valence-corrected chi connectivity index (χ1v) is 5.48. The minimum absolute atomic E-state index is 0.0831. The predicted octanol–water partition coefficient (Wildman–Crippen LogP) is -0.601. The number of nitrogens with zero attached hydrogens (tertiary/aromatic N) is 4. The summed E-state index contributed by atoms with van der Waals surface area (Å²) in [7, 11) is 0. The van der Waals surface area contributed by atoms with Crippen LogP contribution in [0.2, 0.25) is 0 Å². The smallest absolute Gasteiger partial charge is 0.295 e. The molecule has 2 rings (SSSR count). The highest BCUT2D eigenvalue weighted by atomic mass is 16.2. The molecular formula is C9H16N6O. The van der Waals surface area contributed by atoms with Gasteiger partial charge in [0.1, 0.15) is 0 Å². The van der Waals surface area contributed by atoms with Gasteiger partial charge < -0.3 is 10.6 Å². The van der Waals surface area contributed by atoms with Gasteiger partial charge in [0.2, 0.25) is 0 Å². The van der Waals surface area contributed by atoms with Gasteiger partial charge in [-0.1, -0.05) is 6.92 Å². The van der Waals surface area contributed by atoms with Gasteiger partial charge in [-0.3, -0.25) is 4.79 Å². The summed E-state index contributed by atoms with van der Waals surface area (Å²) < 4.78 is 0. The molecule has 2 unspecified atom stereocenters. The zero-order valence-corrected chi connectivity index (χ0v) is 9.26. The number of hydrogen-bond acceptors (Lipinski definition) is 5. The minimum atomic E-state index is -0.184. The summed E-state index contributed by atoms with van der Waals surface area (Å²) in [4.78, 5) is 13.8. The average Bonchev–Trinajstić information content (AvgIpc) is 2.81. The van der Waals surface area contributed by atoms with E-state index in [4.69, 9.17) is 5.73 Å². The fourth-order valence-corrected chi connectivity index (χ4v) is 2.24. The van der Waals surface area contributed by atoms with E-state index in [0.717, 1.165) is 19.4 Å². The van der Waals surface area contributed by atoms with Crippen molar-refractivity contribution in [3.8, 4) is 0 Å². The lowest BCUT2D eigenvalue weighted by Gasteiger charge is -2.38. The lowest BCUT2D eigenvalue weighted by molar-refractivity contribution is 0.0520. The molecule has 0 aliphatic carbocycles. The van der Waals surface area contributed by atoms with Gasteiger partial charge in [-0.25, -0.2) is 0 Å². The van der Waals surface area contributed by atoms with Gasteiger partial charge >= 0.3 is 0 Å². The summed E-state index contributed by atoms with van der Waals surface area (Å²) in [5, 5.41) is 13.1. The molecule has 7 heteroatoms. The molecule has 1 aliphatic heterocycles. The van der Waals surface area contributed by atoms with Crippen molar-refractivity contribution in [3.63, 3.8) is 0 Å². The van der Waals surface area contributed by atoms with Gasteiger partial charge in [-0.05, 0) is 24.0 Å². The molecule has 1 saturated heterocycles. The maximum atomic E-state index is 12.1. The SMILES string of the molecule is CC1CCCN(C(=O)c2nn[nH]n2)C1CN. The number of amides is 1. The lowest BCUT2D eigenvalue weighted by Crippen LogP contribution is -2.51. The monoisotopic (exact) mass is 224 g/mol. The Kier molecular flexibility index (Phi) is 3.14. The Morgan fingerprint density at radius 2 is 2.50 bits per heavy atom. The number of tetrazole rings is 1. The largest absolute Gasteiger partial charge is 0.331 e. The van der Waals surface area contributed by atoms with Crippen molar-refractivity contribution < 1.29 is 4.79 Å². The molecule has 1 aromatic heterocycles. The molecule has 2 atom stereocenters. The van der Waals surface area contributed by atoms with E-state index in [0.29, 0.717) is 12.5 Å². The second kappa shape index (κ2) is 4.56. The predicted molar refractivity (Wildman–Crippen MR) is 56.5 cm³/mol. The molecule has 0 aromatic carbocycles. The van der Waals surface area contributed by atoms with Crippen LogP contribution >= 0.6 is 0 Å². The van der Waals surface area contributed by atoms with E-state index in [-0.39, 0.29) is 17.8 Å². The van der Waals surface area contributed by atoms with Crippen LogP contribution in [0.4, 0.5) is 0 Å². The highest BCUT2D eigenvalue weighted by Gasteiger charge is 2.32. The van der Waals surface area contributed by atoms with Gasteiger partial charge in [0.25, 0.3) is 11.7 Å². The molecule has 1 amide bonds. The number of aromatic amines is 1. The lowest BCUT2D eigenvalue weighted by atomic mass is 9.91. The van der Waals surface area contributed by atoms with Crippen molar-refractivity contribution in [2.24, 2.45) is 11.7 Å². The molecule has 1 aliphatic rings. The van der Waals surface area contributed by atoms with E-state index < -0.39 is 0 Å². The fourth-order valence-electron chi connectivity index (χ4n) is 2.24. The second-order valence-corrected chi connectivity index (χ2v) is 4.16. The van der Waals surface area contributed by atoms with E-state index in [2.05, 4.69) is 27.5 Å². The molecule has 1 fully saturated rings. The van der Waals surface area contributed by atoms with Crippen LogP contribution < -0.4 is 5.73 Å². The third-order valence-corrected chi connectivity index (χ3v) is 3.15. The first-order valence-electron chi connectivity index (χ1n) is 5.48. The first-order chi connectivity index (χ1) is 7.74. The Bertz CT molecular complexity index is 351. The summed E-state index contributed by atoms with van der Waals surface area (Å²) in [6, 6.07) is 0.0831. The van der Waals surface area contributed by atoms with Crippen LogP contribution in [0.3, 0.4) is 0 Å². The summed E-state index contributed by atoms with van der Waals surface area (Å²) in [5.74, 6) is 0.359. The molecule has 88 valence electrons. The van der Waals surface area contributed by atoms with Crippen LogP contribution in [0, 0.1) is 5.92 Å². The zero-order valence-electron chi connectivity index (χ0n) is 9.26. The standard InChI is InChI=1S/C9H16N6O/c1-6-3-2-4-15(7(6)5-10)9(16)8-11-13-14-12-8/h6-7H,2-5,10H2,1H3,(H,11,12,13,14). The summed E-state index contributed by atoms with van der Waals surface area (Å²) >= 11 is 0. The molecule has 16 heavy (non-hydrogen) atoms. The second-order valence-electron chi connectivity index (χ2n) is 4.16. The van der Waals surface area contributed by atoms with Crippen LogP contribution in [-0.4, -0.2) is 50.6 Å². The normalized spacial score (nSPS) is 25.8. The van der Waals surface area contributed by atoms with Crippen molar-refractivity contribution in [3.05, 3.63) is 5.82 Å². The molecule has 0 radical (unpaired) electrons. The Morgan fingerprint density at radius 1 is 1.69 bits per heavy atom. The number of nitrogens with one attached hydrogen (secondary N) is 1. The maximum Gasteiger partial charge on any atom is 0.295 e. The van der Waals surface area contributed by atoms with Crippen LogP contribution in [0.25, 0.3) is 0 Å². The van der Waals surface area contributed by atoms with Crippen molar-refractivity contribution >= 4 is 5.91 Å². The zero-order chi connectivity index (χ0) is 11.5. The highest BCUT2D eigenvalue weighted by molar-refractivity contribution is 5.90. The molecular weight excluding hydrogens is 208 g/mol. The van der Waals surface area contributed by atoms with Gasteiger partial charge in [-0.2, -0.15) is 5.21 Å². The quantitative estimate of drug-likeness (QED) is 0.698. The molecule has 3 N–H and O–H groups in total. The summed E-state index contributed by atoms with van der Waals surface area (Å²) in [5.41, 5.74) is 5.72. The van der Waals surface area contributed by atoms with Gasteiger partial charge in [0.15, 0.2) is 0 Å². The van der Waals surface area contributed by atoms with Gasteiger partial charge in [-0.15, -0.1) is 10.2 Å². The van der Waals surface area contributed by atoms with Crippen molar-refractivity contribution in [2.45, 2.75) is 25.8 Å². The molecule has 7 nitrogen and oxygen atoms in total. The average molecular weight is 224 g/mol. The van der Waals surface area contributed by atoms with Gasteiger partial charge in [0, 0.05) is 19.1 Å². The van der Waals surface area contributed by atoms with Gasteiger partial charge in [0.05, 0.1) is 0 Å². The Hall–Kier alpha value is -1.50. The third-order valence-electron chi connectivity index (χ3n) is 3.15. The van der Waals surface area contributed by atoms with Crippen molar-refractivity contribution in [2.75, 3.05) is 13.1 Å². The van der Waals surface area contributed by atoms with Crippen LogP contribution in [0.1, 0.15) is 30.4 Å². The number of rotatable bonds is 2. The fraction of sp³-hybridized carbons (Fsp3) is 0.778. The van der Waals surface area contributed by atoms with E-state index >= 15 is 0 Å². The molecule has 1 aromatic rings. The number of piperidine rings is 1. The molecule has 0 spiro atoms. The van der Waals surface area contributed by atoms with E-state index in [1.54, 1.807) is 4.90 Å². The highest BCUT2D eigenvalue weighted by Crippen LogP contribution is 2.23. The van der Waals surface area contributed by atoms with Crippen molar-refractivity contribution in [1.82, 2.24) is 25.5 Å². The number of H-pyrrole nitrogens is 1. The summed E-state index contributed by atoms with van der Waals surface area (Å²) in [6.45, 7) is 3.32. The topological polar surface area (TPSA) is 101 Å². The number of carbonyl (C=O) groups is 1. The van der Waals surface area contributed by atoms with E-state index in [1.807, 2.05) is 0 Å². The molecule has 0 bridgehead atoms. The van der Waals surface area contributed by atoms with Crippen molar-refractivity contribution in [1.29, 1.82) is 0 Å². The maximum absolute atomic E-state index is 12.1. The minimum Gasteiger partial charge on any atom is -0.331 e. The number of nitrogens with two attached hydrogens (primary N) is 1. The third kappa shape index (κ3) is 1.90.